The van der Waals surface area contributed by atoms with Crippen molar-refractivity contribution in [2.24, 2.45) is 11.8 Å². The van der Waals surface area contributed by atoms with Gasteiger partial charge in [-0.3, -0.25) is 4.90 Å². The Morgan fingerprint density at radius 1 is 1.24 bits per heavy atom. The fourth-order valence-corrected chi connectivity index (χ4v) is 3.14. The number of hydrogen-bond acceptors (Lipinski definition) is 4. The van der Waals surface area contributed by atoms with E-state index in [9.17, 15) is 0 Å². The molecule has 0 spiro atoms. The molecule has 2 heterocycles. The number of hydrogen-bond donors (Lipinski definition) is 1. The van der Waals surface area contributed by atoms with Gasteiger partial charge in [-0.25, -0.2) is 0 Å². The Hall–Kier alpha value is -0.160. The molecule has 2 fully saturated rings. The molecule has 3 atom stereocenters. The van der Waals surface area contributed by atoms with Crippen LogP contribution in [0.3, 0.4) is 0 Å². The molecular weight excluding hydrogens is 216 g/mol. The van der Waals surface area contributed by atoms with Gasteiger partial charge in [-0.1, -0.05) is 0 Å². The third-order valence-corrected chi connectivity index (χ3v) is 4.22. The van der Waals surface area contributed by atoms with Gasteiger partial charge in [-0.2, -0.15) is 0 Å². The molecule has 2 rings (SSSR count). The van der Waals surface area contributed by atoms with Crippen LogP contribution in [0, 0.1) is 11.8 Å². The second-order valence-corrected chi connectivity index (χ2v) is 5.28. The highest BCUT2D eigenvalue weighted by Gasteiger charge is 2.41. The van der Waals surface area contributed by atoms with E-state index in [0.29, 0.717) is 0 Å². The summed E-state index contributed by atoms with van der Waals surface area (Å²) in [4.78, 5) is 2.59. The lowest BCUT2D eigenvalue weighted by Crippen LogP contribution is -2.35. The van der Waals surface area contributed by atoms with Crippen LogP contribution in [0.15, 0.2) is 0 Å². The summed E-state index contributed by atoms with van der Waals surface area (Å²) in [7, 11) is 1.73. The van der Waals surface area contributed by atoms with Crippen LogP contribution in [0.5, 0.6) is 0 Å². The molecule has 0 bridgehead atoms. The van der Waals surface area contributed by atoms with Crippen molar-refractivity contribution in [1.29, 1.82) is 0 Å². The second kappa shape index (κ2) is 6.69. The van der Waals surface area contributed by atoms with E-state index in [1.165, 1.54) is 19.6 Å². The number of nitrogens with zero attached hydrogens (tertiary/aromatic N) is 1. The van der Waals surface area contributed by atoms with E-state index >= 15 is 0 Å². The monoisotopic (exact) mass is 242 g/mol. The first kappa shape index (κ1) is 13.3. The van der Waals surface area contributed by atoms with Gasteiger partial charge in [0.2, 0.25) is 0 Å². The molecular formula is C13H26N2O2. The van der Waals surface area contributed by atoms with Crippen LogP contribution in [-0.4, -0.2) is 64.1 Å². The minimum absolute atomic E-state index is 0.720. The Morgan fingerprint density at radius 2 is 2.12 bits per heavy atom. The summed E-state index contributed by atoms with van der Waals surface area (Å²) in [6, 6.07) is 0.720. The van der Waals surface area contributed by atoms with Crippen LogP contribution in [0.2, 0.25) is 0 Å². The molecule has 0 aromatic heterocycles. The second-order valence-electron chi connectivity index (χ2n) is 5.28. The van der Waals surface area contributed by atoms with Crippen molar-refractivity contribution in [3.8, 4) is 0 Å². The lowest BCUT2D eigenvalue weighted by Gasteiger charge is -2.23. The first-order valence-electron chi connectivity index (χ1n) is 6.84. The molecule has 17 heavy (non-hydrogen) atoms. The molecule has 0 radical (unpaired) electrons. The molecule has 0 saturated carbocycles. The van der Waals surface area contributed by atoms with E-state index in [1.54, 1.807) is 7.11 Å². The molecule has 3 unspecified atom stereocenters. The minimum Gasteiger partial charge on any atom is -0.385 e. The van der Waals surface area contributed by atoms with E-state index in [2.05, 4.69) is 17.1 Å². The van der Waals surface area contributed by atoms with Crippen molar-refractivity contribution in [1.82, 2.24) is 10.2 Å². The number of likely N-dealkylation sites (tertiary alicyclic amines) is 1. The lowest BCUT2D eigenvalue weighted by atomic mass is 9.95. The van der Waals surface area contributed by atoms with E-state index < -0.39 is 0 Å². The molecule has 0 amide bonds. The lowest BCUT2D eigenvalue weighted by molar-refractivity contribution is 0.0797. The van der Waals surface area contributed by atoms with Crippen LogP contribution in [-0.2, 0) is 9.47 Å². The topological polar surface area (TPSA) is 33.7 Å². The average molecular weight is 242 g/mol. The molecule has 4 heteroatoms. The average Bonchev–Trinajstić information content (AvgIpc) is 2.88. The third-order valence-electron chi connectivity index (χ3n) is 4.22. The largest absolute Gasteiger partial charge is 0.385 e. The van der Waals surface area contributed by atoms with Gasteiger partial charge in [0, 0.05) is 39.5 Å². The quantitative estimate of drug-likeness (QED) is 0.662. The third kappa shape index (κ3) is 3.41. The van der Waals surface area contributed by atoms with Gasteiger partial charge in [0.15, 0.2) is 0 Å². The molecule has 100 valence electrons. The summed E-state index contributed by atoms with van der Waals surface area (Å²) in [6.07, 6.45) is 1.00. The number of rotatable bonds is 7. The molecule has 2 aliphatic heterocycles. The number of fused-ring (bicyclic) bond motifs is 1. The number of ether oxygens (including phenoxy) is 2. The van der Waals surface area contributed by atoms with Gasteiger partial charge in [0.25, 0.3) is 0 Å². The van der Waals surface area contributed by atoms with Crippen molar-refractivity contribution >= 4 is 0 Å². The van der Waals surface area contributed by atoms with Gasteiger partial charge in [0.1, 0.15) is 0 Å². The maximum atomic E-state index is 5.63. The van der Waals surface area contributed by atoms with Crippen molar-refractivity contribution in [2.75, 3.05) is 53.1 Å². The molecule has 0 aliphatic carbocycles. The molecule has 0 aromatic carbocycles. The van der Waals surface area contributed by atoms with Crippen LogP contribution in [0.4, 0.5) is 0 Å². The van der Waals surface area contributed by atoms with Gasteiger partial charge in [0.05, 0.1) is 6.61 Å². The smallest absolute Gasteiger partial charge is 0.0593 e. The fraction of sp³-hybridized carbons (Fsp3) is 1.00. The highest BCUT2D eigenvalue weighted by atomic mass is 16.5. The molecule has 2 saturated heterocycles. The van der Waals surface area contributed by atoms with Crippen LogP contribution < -0.4 is 5.32 Å². The maximum absolute atomic E-state index is 5.63. The number of methoxy groups -OCH3 is 1. The van der Waals surface area contributed by atoms with Crippen molar-refractivity contribution in [3.63, 3.8) is 0 Å². The zero-order valence-corrected chi connectivity index (χ0v) is 11.2. The Kier molecular flexibility index (Phi) is 5.22. The molecule has 2 aliphatic rings. The van der Waals surface area contributed by atoms with Crippen LogP contribution in [0.25, 0.3) is 0 Å². The molecule has 1 N–H and O–H groups in total. The summed E-state index contributed by atoms with van der Waals surface area (Å²) >= 11 is 0. The highest BCUT2D eigenvalue weighted by molar-refractivity contribution is 4.96. The van der Waals surface area contributed by atoms with Gasteiger partial charge >= 0.3 is 0 Å². The van der Waals surface area contributed by atoms with Gasteiger partial charge in [-0.05, 0) is 38.3 Å². The normalized spacial score (nSPS) is 33.2. The predicted molar refractivity (Wildman–Crippen MR) is 68.2 cm³/mol. The van der Waals surface area contributed by atoms with Gasteiger partial charge < -0.3 is 14.8 Å². The number of nitrogens with one attached hydrogen (secondary N) is 1. The minimum atomic E-state index is 0.720. The van der Waals surface area contributed by atoms with Crippen LogP contribution >= 0.6 is 0 Å². The van der Waals surface area contributed by atoms with E-state index in [1.807, 2.05) is 0 Å². The first-order valence-corrected chi connectivity index (χ1v) is 6.84. The van der Waals surface area contributed by atoms with E-state index in [0.717, 1.165) is 50.7 Å². The summed E-state index contributed by atoms with van der Waals surface area (Å²) in [5.41, 5.74) is 0. The van der Waals surface area contributed by atoms with Gasteiger partial charge in [-0.15, -0.1) is 0 Å². The molecule has 4 nitrogen and oxygen atoms in total. The Balaban J connectivity index is 1.57. The Labute approximate surface area is 105 Å². The van der Waals surface area contributed by atoms with E-state index in [-0.39, 0.29) is 0 Å². The van der Waals surface area contributed by atoms with Crippen molar-refractivity contribution < 1.29 is 9.47 Å². The van der Waals surface area contributed by atoms with E-state index in [4.69, 9.17) is 9.47 Å². The fourth-order valence-electron chi connectivity index (χ4n) is 3.14. The summed E-state index contributed by atoms with van der Waals surface area (Å²) < 4.78 is 10.6. The maximum Gasteiger partial charge on any atom is 0.0593 e. The highest BCUT2D eigenvalue weighted by Crippen LogP contribution is 2.31. The van der Waals surface area contributed by atoms with Crippen LogP contribution in [0.1, 0.15) is 13.3 Å². The Morgan fingerprint density at radius 3 is 2.88 bits per heavy atom. The zero-order valence-electron chi connectivity index (χ0n) is 11.2. The molecule has 0 aromatic rings. The summed E-state index contributed by atoms with van der Waals surface area (Å²) in [5.74, 6) is 1.74. The standard InChI is InChI=1S/C13H26N2O2/c1-11-13-9-14-8-12(13)10-15(11)4-7-17-6-3-5-16-2/h11-14H,3-10H2,1-2H3. The zero-order chi connectivity index (χ0) is 12.1. The van der Waals surface area contributed by atoms with Crippen molar-refractivity contribution in [2.45, 2.75) is 19.4 Å². The Bertz CT molecular complexity index is 225. The summed E-state index contributed by atoms with van der Waals surface area (Å²) in [6.45, 7) is 9.60. The SMILES string of the molecule is COCCCOCCN1CC2CNCC2C1C. The first-order chi connectivity index (χ1) is 8.33. The predicted octanol–water partition coefficient (Wildman–Crippen LogP) is 0.579. The van der Waals surface area contributed by atoms with Crippen molar-refractivity contribution in [3.05, 3.63) is 0 Å². The summed E-state index contributed by atoms with van der Waals surface area (Å²) in [5, 5.41) is 3.49.